The largest absolute Gasteiger partial charge is 0.463 e. The van der Waals surface area contributed by atoms with Crippen LogP contribution in [-0.2, 0) is 4.79 Å². The topological polar surface area (TPSA) is 85.3 Å². The monoisotopic (exact) mass is 457 g/mol. The Morgan fingerprint density at radius 3 is 2.71 bits per heavy atom. The van der Waals surface area contributed by atoms with Crippen molar-refractivity contribution in [2.45, 2.75) is 50.2 Å². The average molecular weight is 458 g/mol. The number of furan rings is 1. The number of hydrazone groups is 1. The van der Waals surface area contributed by atoms with Gasteiger partial charge in [-0.2, -0.15) is 5.10 Å². The van der Waals surface area contributed by atoms with E-state index in [1.807, 2.05) is 24.3 Å². The van der Waals surface area contributed by atoms with E-state index < -0.39 is 0 Å². The molecule has 2 heterocycles. The molecular formula is C22H24ClN5O2S. The van der Waals surface area contributed by atoms with Crippen LogP contribution in [0.3, 0.4) is 0 Å². The van der Waals surface area contributed by atoms with Crippen molar-refractivity contribution >= 4 is 35.0 Å². The van der Waals surface area contributed by atoms with Crippen LogP contribution in [0.4, 0.5) is 0 Å². The summed E-state index contributed by atoms with van der Waals surface area (Å²) in [6.07, 6.45) is 7.38. The zero-order valence-corrected chi connectivity index (χ0v) is 18.8. The molecule has 0 aliphatic heterocycles. The van der Waals surface area contributed by atoms with E-state index in [0.29, 0.717) is 22.5 Å². The molecule has 0 unspecified atom stereocenters. The van der Waals surface area contributed by atoms with Crippen LogP contribution in [0.2, 0.25) is 5.02 Å². The van der Waals surface area contributed by atoms with Gasteiger partial charge in [0.2, 0.25) is 0 Å². The minimum Gasteiger partial charge on any atom is -0.463 e. The number of halogens is 1. The number of nitrogens with zero attached hydrogens (tertiary/aromatic N) is 4. The van der Waals surface area contributed by atoms with Crippen molar-refractivity contribution in [1.29, 1.82) is 0 Å². The molecule has 31 heavy (non-hydrogen) atoms. The Kier molecular flexibility index (Phi) is 7.09. The number of thioether (sulfide) groups is 1. The zero-order chi connectivity index (χ0) is 21.6. The second kappa shape index (κ2) is 10.2. The van der Waals surface area contributed by atoms with Gasteiger partial charge in [-0.15, -0.1) is 10.2 Å². The third kappa shape index (κ3) is 5.37. The van der Waals surface area contributed by atoms with Crippen molar-refractivity contribution in [2.75, 3.05) is 5.75 Å². The van der Waals surface area contributed by atoms with E-state index >= 15 is 0 Å². The maximum absolute atomic E-state index is 12.4. The van der Waals surface area contributed by atoms with Crippen LogP contribution >= 0.6 is 23.4 Å². The molecule has 4 rings (SSSR count). The summed E-state index contributed by atoms with van der Waals surface area (Å²) in [7, 11) is 0. The van der Waals surface area contributed by atoms with Crippen LogP contribution in [0.15, 0.2) is 57.3 Å². The summed E-state index contributed by atoms with van der Waals surface area (Å²) in [4.78, 5) is 12.4. The first-order chi connectivity index (χ1) is 15.1. The molecule has 1 amide bonds. The normalized spacial score (nSPS) is 15.2. The first kappa shape index (κ1) is 21.6. The van der Waals surface area contributed by atoms with Crippen LogP contribution in [0.1, 0.15) is 50.8 Å². The van der Waals surface area contributed by atoms with Gasteiger partial charge in [0.05, 0.1) is 12.0 Å². The first-order valence-corrected chi connectivity index (χ1v) is 11.7. The van der Waals surface area contributed by atoms with E-state index in [1.54, 1.807) is 25.3 Å². The molecule has 3 aromatic rings. The van der Waals surface area contributed by atoms with Crippen LogP contribution in [0.25, 0.3) is 11.4 Å². The number of rotatable bonds is 7. The van der Waals surface area contributed by atoms with Crippen molar-refractivity contribution < 1.29 is 9.21 Å². The molecule has 1 saturated carbocycles. The Bertz CT molecular complexity index is 1040. The molecule has 0 atom stereocenters. The van der Waals surface area contributed by atoms with Gasteiger partial charge in [-0.1, -0.05) is 42.6 Å². The highest BCUT2D eigenvalue weighted by Gasteiger charge is 2.24. The minimum absolute atomic E-state index is 0.195. The lowest BCUT2D eigenvalue weighted by molar-refractivity contribution is -0.118. The maximum Gasteiger partial charge on any atom is 0.250 e. The number of carbonyl (C=O) groups excluding carboxylic acids is 1. The molecule has 1 aliphatic carbocycles. The van der Waals surface area contributed by atoms with Gasteiger partial charge in [-0.25, -0.2) is 5.43 Å². The lowest BCUT2D eigenvalue weighted by Crippen LogP contribution is -2.22. The second-order valence-corrected chi connectivity index (χ2v) is 8.85. The Hall–Kier alpha value is -2.58. The number of hydrogen-bond acceptors (Lipinski definition) is 6. The number of hydrogen-bond donors (Lipinski definition) is 1. The van der Waals surface area contributed by atoms with Gasteiger partial charge in [-0.3, -0.25) is 9.36 Å². The molecule has 0 radical (unpaired) electrons. The lowest BCUT2D eigenvalue weighted by atomic mass is 9.95. The van der Waals surface area contributed by atoms with Crippen LogP contribution in [-0.4, -0.2) is 32.1 Å². The van der Waals surface area contributed by atoms with Gasteiger partial charge >= 0.3 is 0 Å². The summed E-state index contributed by atoms with van der Waals surface area (Å²) in [5.74, 6) is 1.43. The van der Waals surface area contributed by atoms with Crippen molar-refractivity contribution in [1.82, 2.24) is 20.2 Å². The van der Waals surface area contributed by atoms with E-state index in [2.05, 4.69) is 25.3 Å². The number of carbonyl (C=O) groups is 1. The van der Waals surface area contributed by atoms with Crippen LogP contribution < -0.4 is 5.43 Å². The third-order valence-electron chi connectivity index (χ3n) is 5.27. The summed E-state index contributed by atoms with van der Waals surface area (Å²) < 4.78 is 7.47. The van der Waals surface area contributed by atoms with Gasteiger partial charge in [0.15, 0.2) is 11.0 Å². The van der Waals surface area contributed by atoms with Crippen molar-refractivity contribution in [3.05, 3.63) is 53.4 Å². The quantitative estimate of drug-likeness (QED) is 0.294. The number of amides is 1. The third-order valence-corrected chi connectivity index (χ3v) is 6.46. The minimum atomic E-state index is -0.206. The van der Waals surface area contributed by atoms with Gasteiger partial charge in [0.1, 0.15) is 11.5 Å². The summed E-state index contributed by atoms with van der Waals surface area (Å²) in [5, 5.41) is 14.4. The number of benzene rings is 1. The van der Waals surface area contributed by atoms with Gasteiger partial charge < -0.3 is 4.42 Å². The van der Waals surface area contributed by atoms with Gasteiger partial charge in [-0.05, 0) is 56.2 Å². The van der Waals surface area contributed by atoms with E-state index in [1.165, 1.54) is 31.0 Å². The Morgan fingerprint density at radius 1 is 1.23 bits per heavy atom. The smallest absolute Gasteiger partial charge is 0.250 e. The van der Waals surface area contributed by atoms with Crippen LogP contribution in [0.5, 0.6) is 0 Å². The molecule has 0 saturated heterocycles. The molecule has 1 fully saturated rings. The molecule has 9 heteroatoms. The summed E-state index contributed by atoms with van der Waals surface area (Å²) in [5.41, 5.74) is 4.16. The summed E-state index contributed by atoms with van der Waals surface area (Å²) in [6.45, 7) is 1.78. The second-order valence-electron chi connectivity index (χ2n) is 7.47. The molecule has 7 nitrogen and oxygen atoms in total. The van der Waals surface area contributed by atoms with Crippen molar-refractivity contribution in [3.8, 4) is 11.4 Å². The molecule has 1 aromatic carbocycles. The fraction of sp³-hybridized carbons (Fsp3) is 0.364. The Morgan fingerprint density at radius 2 is 2.00 bits per heavy atom. The molecule has 0 spiro atoms. The predicted octanol–water partition coefficient (Wildman–Crippen LogP) is 5.33. The molecule has 0 bridgehead atoms. The standard InChI is InChI=1S/C22H24ClN5O2S/c1-15(19-8-5-13-30-19)24-25-20(29)14-31-22-27-26-21(16-9-11-17(23)12-10-16)28(22)18-6-3-2-4-7-18/h5,8-13,18H,2-4,6-7,14H2,1H3,(H,25,29)/b24-15-. The molecule has 162 valence electrons. The van der Waals surface area contributed by atoms with Crippen molar-refractivity contribution in [3.63, 3.8) is 0 Å². The SMILES string of the molecule is C/C(=N/NC(=O)CSc1nnc(-c2ccc(Cl)cc2)n1C1CCCCC1)c1ccco1. The summed E-state index contributed by atoms with van der Waals surface area (Å²) >= 11 is 7.43. The lowest BCUT2D eigenvalue weighted by Gasteiger charge is -2.25. The van der Waals surface area contributed by atoms with E-state index in [4.69, 9.17) is 16.0 Å². The molecule has 2 aromatic heterocycles. The van der Waals surface area contributed by atoms with Gasteiger partial charge in [0.25, 0.3) is 5.91 Å². The Balaban J connectivity index is 1.49. The fourth-order valence-electron chi connectivity index (χ4n) is 3.69. The number of nitrogens with one attached hydrogen (secondary N) is 1. The molecular weight excluding hydrogens is 434 g/mol. The highest BCUT2D eigenvalue weighted by Crippen LogP contribution is 2.35. The first-order valence-electron chi connectivity index (χ1n) is 10.3. The van der Waals surface area contributed by atoms with E-state index in [9.17, 15) is 4.79 Å². The highest BCUT2D eigenvalue weighted by atomic mass is 35.5. The highest BCUT2D eigenvalue weighted by molar-refractivity contribution is 7.99. The predicted molar refractivity (Wildman–Crippen MR) is 122 cm³/mol. The number of aromatic nitrogens is 3. The maximum atomic E-state index is 12.4. The Labute approximate surface area is 190 Å². The summed E-state index contributed by atoms with van der Waals surface area (Å²) in [6, 6.07) is 11.5. The molecule has 1 N–H and O–H groups in total. The molecule has 1 aliphatic rings. The van der Waals surface area contributed by atoms with E-state index in [0.717, 1.165) is 29.4 Å². The van der Waals surface area contributed by atoms with Gasteiger partial charge in [0, 0.05) is 16.6 Å². The van der Waals surface area contributed by atoms with Crippen molar-refractivity contribution in [2.24, 2.45) is 5.10 Å². The van der Waals surface area contributed by atoms with E-state index in [-0.39, 0.29) is 11.7 Å². The zero-order valence-electron chi connectivity index (χ0n) is 17.3. The fourth-order valence-corrected chi connectivity index (χ4v) is 4.61. The van der Waals surface area contributed by atoms with Crippen LogP contribution in [0, 0.1) is 0 Å². The average Bonchev–Trinajstić information content (AvgIpc) is 3.47.